The lowest BCUT2D eigenvalue weighted by atomic mass is 10.2. The third-order valence-corrected chi connectivity index (χ3v) is 7.36. The highest BCUT2D eigenvalue weighted by Gasteiger charge is 2.26. The van der Waals surface area contributed by atoms with Crippen LogP contribution in [-0.2, 0) is 27.8 Å². The molecule has 3 rings (SSSR count). The number of aryl methyl sites for hydroxylation is 1. The van der Waals surface area contributed by atoms with E-state index in [4.69, 9.17) is 4.52 Å². The molecule has 0 N–H and O–H groups in total. The highest BCUT2D eigenvalue weighted by atomic mass is 32.2. The first-order valence-corrected chi connectivity index (χ1v) is 11.9. The second-order valence-electron chi connectivity index (χ2n) is 7.48. The Bertz CT molecular complexity index is 735. The molecule has 2 aliphatic heterocycles. The van der Waals surface area contributed by atoms with E-state index in [1.165, 1.54) is 12.8 Å². The molecule has 1 aromatic heterocycles. The largest absolute Gasteiger partial charge is 0.343 e. The van der Waals surface area contributed by atoms with Crippen molar-refractivity contribution in [2.24, 2.45) is 0 Å². The molecule has 1 aromatic rings. The standard InChI is InChI=1S/C18H31N5O4S/c1-2-28(25,26)23-13-11-21(12-14-23)15-16-19-17(27-20-16)7-8-18(24)22-9-5-3-4-6-10-22/h2-15H2,1H3. The molecule has 0 unspecified atom stereocenters. The summed E-state index contributed by atoms with van der Waals surface area (Å²) in [6, 6.07) is 0. The van der Waals surface area contributed by atoms with Crippen LogP contribution in [0.5, 0.6) is 0 Å². The van der Waals surface area contributed by atoms with Gasteiger partial charge in [-0.3, -0.25) is 9.69 Å². The number of nitrogens with zero attached hydrogens (tertiary/aromatic N) is 5. The van der Waals surface area contributed by atoms with Crippen molar-refractivity contribution in [1.29, 1.82) is 0 Å². The third-order valence-electron chi connectivity index (χ3n) is 5.48. The molecule has 0 bridgehead atoms. The van der Waals surface area contributed by atoms with Crippen LogP contribution in [-0.4, -0.2) is 83.6 Å². The van der Waals surface area contributed by atoms with Gasteiger partial charge in [-0.1, -0.05) is 18.0 Å². The van der Waals surface area contributed by atoms with Gasteiger partial charge in [0, 0.05) is 52.1 Å². The van der Waals surface area contributed by atoms with Crippen LogP contribution >= 0.6 is 0 Å². The molecule has 9 nitrogen and oxygen atoms in total. The van der Waals surface area contributed by atoms with E-state index in [0.717, 1.165) is 25.9 Å². The van der Waals surface area contributed by atoms with Gasteiger partial charge >= 0.3 is 0 Å². The normalized spacial score (nSPS) is 20.2. The molecule has 28 heavy (non-hydrogen) atoms. The Labute approximate surface area is 167 Å². The zero-order chi connectivity index (χ0) is 20.0. The maximum atomic E-state index is 12.4. The first-order chi connectivity index (χ1) is 13.5. The van der Waals surface area contributed by atoms with Gasteiger partial charge in [-0.05, 0) is 19.8 Å². The minimum Gasteiger partial charge on any atom is -0.343 e. The van der Waals surface area contributed by atoms with E-state index in [9.17, 15) is 13.2 Å². The zero-order valence-corrected chi connectivity index (χ0v) is 17.5. The highest BCUT2D eigenvalue weighted by Crippen LogP contribution is 2.13. The fourth-order valence-electron chi connectivity index (χ4n) is 3.70. The van der Waals surface area contributed by atoms with Crippen molar-refractivity contribution in [3.8, 4) is 0 Å². The van der Waals surface area contributed by atoms with E-state index in [1.807, 2.05) is 4.90 Å². The van der Waals surface area contributed by atoms with Crippen LogP contribution < -0.4 is 0 Å². The van der Waals surface area contributed by atoms with E-state index in [2.05, 4.69) is 15.0 Å². The summed E-state index contributed by atoms with van der Waals surface area (Å²) >= 11 is 0. The first-order valence-electron chi connectivity index (χ1n) is 10.3. The number of hydrogen-bond acceptors (Lipinski definition) is 7. The number of rotatable bonds is 7. The summed E-state index contributed by atoms with van der Waals surface area (Å²) in [7, 11) is -3.12. The fourth-order valence-corrected chi connectivity index (χ4v) is 4.78. The van der Waals surface area contributed by atoms with E-state index in [1.54, 1.807) is 11.2 Å². The number of amides is 1. The van der Waals surface area contributed by atoms with Gasteiger partial charge in [0.25, 0.3) is 0 Å². The second-order valence-corrected chi connectivity index (χ2v) is 9.73. The summed E-state index contributed by atoms with van der Waals surface area (Å²) in [5.74, 6) is 1.38. The highest BCUT2D eigenvalue weighted by molar-refractivity contribution is 7.89. The Hall–Kier alpha value is -1.52. The Morgan fingerprint density at radius 2 is 1.71 bits per heavy atom. The number of carbonyl (C=O) groups excluding carboxylic acids is 1. The quantitative estimate of drug-likeness (QED) is 0.654. The lowest BCUT2D eigenvalue weighted by Crippen LogP contribution is -2.48. The van der Waals surface area contributed by atoms with Gasteiger partial charge in [-0.15, -0.1) is 0 Å². The molecule has 0 spiro atoms. The molecule has 0 aromatic carbocycles. The Morgan fingerprint density at radius 3 is 2.36 bits per heavy atom. The average molecular weight is 414 g/mol. The molecular formula is C18H31N5O4S. The summed E-state index contributed by atoms with van der Waals surface area (Å²) in [5, 5.41) is 4.02. The van der Waals surface area contributed by atoms with Crippen LogP contribution in [0, 0.1) is 0 Å². The lowest BCUT2D eigenvalue weighted by Gasteiger charge is -2.32. The van der Waals surface area contributed by atoms with Crippen molar-refractivity contribution < 1.29 is 17.7 Å². The van der Waals surface area contributed by atoms with Gasteiger partial charge in [0.1, 0.15) is 0 Å². The van der Waals surface area contributed by atoms with Crippen LogP contribution in [0.25, 0.3) is 0 Å². The van der Waals surface area contributed by atoms with Crippen LogP contribution in [0.3, 0.4) is 0 Å². The van der Waals surface area contributed by atoms with Crippen molar-refractivity contribution in [2.45, 2.75) is 52.0 Å². The van der Waals surface area contributed by atoms with Gasteiger partial charge in [0.05, 0.1) is 12.3 Å². The van der Waals surface area contributed by atoms with Crippen LogP contribution in [0.2, 0.25) is 0 Å². The van der Waals surface area contributed by atoms with Gasteiger partial charge in [0.2, 0.25) is 21.8 Å². The third kappa shape index (κ3) is 5.74. The van der Waals surface area contributed by atoms with Gasteiger partial charge in [-0.2, -0.15) is 9.29 Å². The fraction of sp³-hybridized carbons (Fsp3) is 0.833. The zero-order valence-electron chi connectivity index (χ0n) is 16.7. The average Bonchev–Trinajstić information content (AvgIpc) is 2.97. The number of sulfonamides is 1. The summed E-state index contributed by atoms with van der Waals surface area (Å²) in [5.41, 5.74) is 0. The minimum absolute atomic E-state index is 0.136. The predicted octanol–water partition coefficient (Wildman–Crippen LogP) is 0.872. The van der Waals surface area contributed by atoms with Crippen molar-refractivity contribution in [1.82, 2.24) is 24.2 Å². The van der Waals surface area contributed by atoms with Crippen LogP contribution in [0.4, 0.5) is 0 Å². The summed E-state index contributed by atoms with van der Waals surface area (Å²) in [6.07, 6.45) is 5.44. The van der Waals surface area contributed by atoms with E-state index in [-0.39, 0.29) is 11.7 Å². The molecule has 0 aliphatic carbocycles. The van der Waals surface area contributed by atoms with Crippen LogP contribution in [0.1, 0.15) is 50.7 Å². The molecule has 2 aliphatic rings. The summed E-state index contributed by atoms with van der Waals surface area (Å²) in [6.45, 7) is 6.19. The molecule has 2 fully saturated rings. The van der Waals surface area contributed by atoms with Crippen molar-refractivity contribution >= 4 is 15.9 Å². The number of aromatic nitrogens is 2. The predicted molar refractivity (Wildman–Crippen MR) is 104 cm³/mol. The number of hydrogen-bond donors (Lipinski definition) is 0. The molecule has 0 atom stereocenters. The summed E-state index contributed by atoms with van der Waals surface area (Å²) in [4.78, 5) is 20.8. The topological polar surface area (TPSA) is 99.8 Å². The Kier molecular flexibility index (Phi) is 7.42. The summed E-state index contributed by atoms with van der Waals surface area (Å²) < 4.78 is 30.7. The van der Waals surface area contributed by atoms with E-state index >= 15 is 0 Å². The van der Waals surface area contributed by atoms with E-state index in [0.29, 0.717) is 57.3 Å². The van der Waals surface area contributed by atoms with Crippen molar-refractivity contribution in [2.75, 3.05) is 45.0 Å². The first kappa shape index (κ1) is 21.2. The SMILES string of the molecule is CCS(=O)(=O)N1CCN(Cc2noc(CCC(=O)N3CCCCCC3)n2)CC1. The molecule has 3 heterocycles. The van der Waals surface area contributed by atoms with E-state index < -0.39 is 10.0 Å². The Balaban J connectivity index is 1.42. The molecule has 2 saturated heterocycles. The Morgan fingerprint density at radius 1 is 1.04 bits per heavy atom. The smallest absolute Gasteiger partial charge is 0.227 e. The van der Waals surface area contributed by atoms with Gasteiger partial charge < -0.3 is 9.42 Å². The number of piperazine rings is 1. The van der Waals surface area contributed by atoms with Crippen LogP contribution in [0.15, 0.2) is 4.52 Å². The molecule has 158 valence electrons. The number of likely N-dealkylation sites (tertiary alicyclic amines) is 1. The molecule has 10 heteroatoms. The molecule has 0 radical (unpaired) electrons. The minimum atomic E-state index is -3.12. The van der Waals surface area contributed by atoms with Crippen molar-refractivity contribution in [3.05, 3.63) is 11.7 Å². The number of carbonyl (C=O) groups is 1. The molecular weight excluding hydrogens is 382 g/mol. The maximum absolute atomic E-state index is 12.4. The maximum Gasteiger partial charge on any atom is 0.227 e. The second kappa shape index (κ2) is 9.80. The van der Waals surface area contributed by atoms with Gasteiger partial charge in [0.15, 0.2) is 5.82 Å². The molecule has 0 saturated carbocycles. The lowest BCUT2D eigenvalue weighted by molar-refractivity contribution is -0.131. The van der Waals surface area contributed by atoms with Gasteiger partial charge in [-0.25, -0.2) is 8.42 Å². The molecule has 1 amide bonds. The monoisotopic (exact) mass is 413 g/mol. The van der Waals surface area contributed by atoms with Crippen molar-refractivity contribution in [3.63, 3.8) is 0 Å².